The topological polar surface area (TPSA) is 362 Å². The predicted molar refractivity (Wildman–Crippen MR) is 525 cm³/mol. The maximum atomic E-state index is 16.5. The summed E-state index contributed by atoms with van der Waals surface area (Å²) in [5, 5.41) is 17.2. The predicted octanol–water partition coefficient (Wildman–Crippen LogP) is 10.6. The van der Waals surface area contributed by atoms with Crippen molar-refractivity contribution in [2.24, 2.45) is 23.7 Å². The first-order valence-electron chi connectivity index (χ1n) is 47.5. The average Bonchev–Trinajstić information content (AvgIpc) is 0.747. The Morgan fingerprint density at radius 3 is 1.25 bits per heavy atom. The normalized spacial score (nSPS) is 14.8. The number of likely N-dealkylation sites (tertiary alicyclic amines) is 1. The van der Waals surface area contributed by atoms with Crippen molar-refractivity contribution in [3.05, 3.63) is 251 Å². The van der Waals surface area contributed by atoms with E-state index >= 15 is 43.2 Å². The molecule has 0 aliphatic carbocycles. The highest BCUT2D eigenvalue weighted by atomic mass is 16.6. The van der Waals surface area contributed by atoms with Crippen molar-refractivity contribution in [2.45, 2.75) is 245 Å². The van der Waals surface area contributed by atoms with Crippen LogP contribution in [0.4, 0.5) is 4.79 Å². The van der Waals surface area contributed by atoms with Gasteiger partial charge in [0.15, 0.2) is 0 Å². The first-order valence-corrected chi connectivity index (χ1v) is 47.5. The Hall–Kier alpha value is -13.1. The standard InChI is InChI=1S/C107H143N13O17/c1-69(2)61-85(117(18)103(132)91(71(5)6)112-94(123)74(10)114(15)105(134)137-106(12,13)14)98(127)113-92(75(11)136-107(80-53-37-25-38-54-80,81-55-39-26-40-56-81)82-57-41-27-42-58-82)104(133)118(19)86(64-77-47-31-22-32-48-77)96(125)108-67-89(121)115(16)88(62-70(3)4)102(131)119(20)93(72(7)8)99(128)110-83(63-76-45-29-21-30-46-76)95(124)111-84(66-90(122)135-68-79-51-35-24-36-52-79)101(130)116(17)87(65-78-49-33-23-34-50-78)97(126)109-73(9)100(129)120-59-43-28-44-60-120/h21-27,29-42,45-58,69-75,83-88,91-93H,28,43-44,59-68H2,1-20H3,(H,108,125)(H,109,126)(H,110,128)(H,111,124)(H,112,123)(H,113,127)/t73-,74-,75+,83-,84-,85-,86-,87?,88?,91-,92-,93-/m0/s1. The number of nitrogens with zero attached hydrogens (tertiary/aromatic N) is 7. The average molecular weight is 1880 g/mol. The van der Waals surface area contributed by atoms with Crippen LogP contribution in [-0.2, 0) is 108 Å². The molecule has 1 fully saturated rings. The molecule has 30 heteroatoms. The molecule has 1 heterocycles. The molecule has 8 rings (SSSR count). The number of hydrogen-bond donors (Lipinski definition) is 6. The molecule has 0 aromatic heterocycles. The molecule has 1 aliphatic rings. The number of carbonyl (C=O) groups excluding carboxylic acids is 14. The monoisotopic (exact) mass is 1880 g/mol. The lowest BCUT2D eigenvalue weighted by atomic mass is 9.79. The summed E-state index contributed by atoms with van der Waals surface area (Å²) in [6, 6.07) is 48.3. The number of carbonyl (C=O) groups is 14. The van der Waals surface area contributed by atoms with Gasteiger partial charge in [0.05, 0.1) is 19.1 Å². The van der Waals surface area contributed by atoms with Gasteiger partial charge < -0.3 is 75.5 Å². The number of ether oxygens (including phenoxy) is 3. The van der Waals surface area contributed by atoms with E-state index in [1.54, 1.807) is 189 Å². The number of nitrogens with one attached hydrogen (secondary N) is 6. The molecule has 12 atom stereocenters. The maximum absolute atomic E-state index is 16.5. The third kappa shape index (κ3) is 30.9. The van der Waals surface area contributed by atoms with Crippen molar-refractivity contribution >= 4 is 82.9 Å². The zero-order valence-corrected chi connectivity index (χ0v) is 83.2. The minimum Gasteiger partial charge on any atom is -0.461 e. The van der Waals surface area contributed by atoms with E-state index < -0.39 is 186 Å². The number of rotatable bonds is 46. The van der Waals surface area contributed by atoms with Crippen LogP contribution in [0.2, 0.25) is 0 Å². The lowest BCUT2D eigenvalue weighted by Gasteiger charge is -2.41. The summed E-state index contributed by atoms with van der Waals surface area (Å²) in [5.74, 6) is -11.5. The second-order valence-electron chi connectivity index (χ2n) is 38.3. The lowest BCUT2D eigenvalue weighted by molar-refractivity contribution is -0.151. The summed E-state index contributed by atoms with van der Waals surface area (Å²) in [5.41, 5.74) is 2.00. The highest BCUT2D eigenvalue weighted by Gasteiger charge is 2.48. The zero-order valence-electron chi connectivity index (χ0n) is 83.2. The van der Waals surface area contributed by atoms with Gasteiger partial charge in [-0.05, 0) is 136 Å². The van der Waals surface area contributed by atoms with E-state index in [0.29, 0.717) is 52.0 Å². The number of amides is 13. The third-order valence-corrected chi connectivity index (χ3v) is 24.9. The molecule has 6 N–H and O–H groups in total. The van der Waals surface area contributed by atoms with Gasteiger partial charge in [0.2, 0.25) is 70.9 Å². The summed E-state index contributed by atoms with van der Waals surface area (Å²) < 4.78 is 18.8. The van der Waals surface area contributed by atoms with Crippen molar-refractivity contribution in [1.29, 1.82) is 0 Å². The number of likely N-dealkylation sites (N-methyl/N-ethyl adjacent to an activating group) is 6. The van der Waals surface area contributed by atoms with Gasteiger partial charge in [-0.3, -0.25) is 67.2 Å². The van der Waals surface area contributed by atoms with Crippen LogP contribution in [0.15, 0.2) is 212 Å². The maximum Gasteiger partial charge on any atom is 0.410 e. The molecular formula is C107H143N13O17. The van der Waals surface area contributed by atoms with Crippen molar-refractivity contribution in [3.8, 4) is 0 Å². The molecule has 13 amide bonds. The van der Waals surface area contributed by atoms with Crippen molar-refractivity contribution < 1.29 is 81.3 Å². The van der Waals surface area contributed by atoms with Crippen molar-refractivity contribution in [2.75, 3.05) is 61.9 Å². The van der Waals surface area contributed by atoms with Crippen LogP contribution < -0.4 is 31.9 Å². The smallest absolute Gasteiger partial charge is 0.410 e. The molecule has 30 nitrogen and oxygen atoms in total. The Balaban J connectivity index is 1.09. The fourth-order valence-electron chi connectivity index (χ4n) is 16.9. The highest BCUT2D eigenvalue weighted by molar-refractivity contribution is 6.00. The van der Waals surface area contributed by atoms with Gasteiger partial charge in [-0.25, -0.2) is 4.79 Å². The molecule has 0 spiro atoms. The second kappa shape index (κ2) is 51.7. The molecule has 137 heavy (non-hydrogen) atoms. The Morgan fingerprint density at radius 1 is 0.380 bits per heavy atom. The summed E-state index contributed by atoms with van der Waals surface area (Å²) >= 11 is 0. The van der Waals surface area contributed by atoms with Gasteiger partial charge in [-0.1, -0.05) is 268 Å². The van der Waals surface area contributed by atoms with Crippen LogP contribution in [0.3, 0.4) is 0 Å². The van der Waals surface area contributed by atoms with Gasteiger partial charge in [0.25, 0.3) is 0 Å². The molecule has 1 aliphatic heterocycles. The minimum absolute atomic E-state index is 0.0404. The van der Waals surface area contributed by atoms with Gasteiger partial charge >= 0.3 is 12.1 Å². The summed E-state index contributed by atoms with van der Waals surface area (Å²) in [6.07, 6.45) is -0.525. The van der Waals surface area contributed by atoms with E-state index in [1.807, 2.05) is 119 Å². The van der Waals surface area contributed by atoms with Crippen molar-refractivity contribution in [1.82, 2.24) is 66.2 Å². The van der Waals surface area contributed by atoms with E-state index in [2.05, 4.69) is 31.9 Å². The molecule has 0 saturated carbocycles. The van der Waals surface area contributed by atoms with Gasteiger partial charge in [-0.2, -0.15) is 0 Å². The summed E-state index contributed by atoms with van der Waals surface area (Å²) in [4.78, 5) is 219. The van der Waals surface area contributed by atoms with E-state index in [-0.39, 0.29) is 56.5 Å². The third-order valence-electron chi connectivity index (χ3n) is 24.9. The van der Waals surface area contributed by atoms with Crippen LogP contribution in [-0.4, -0.2) is 257 Å². The fourth-order valence-corrected chi connectivity index (χ4v) is 16.9. The van der Waals surface area contributed by atoms with Crippen LogP contribution in [0.25, 0.3) is 0 Å². The first-order chi connectivity index (χ1) is 64.9. The van der Waals surface area contributed by atoms with Crippen molar-refractivity contribution in [3.63, 3.8) is 0 Å². The number of benzene rings is 7. The fraction of sp³-hybridized carbons (Fsp3) is 0.477. The molecule has 7 aromatic carbocycles. The SMILES string of the molecule is CC(C)CC(C(=O)N(C)[C@H](C(=O)N[C@@H](Cc1ccccc1)C(=O)N[C@@H](CC(=O)OCc1ccccc1)C(=O)N(C)C(Cc1ccccc1)C(=O)N[C@@H](C)C(=O)N1CCCCC1)C(C)C)N(C)C(=O)CNC(=O)[C@H](Cc1ccccc1)N(C)C(=O)[C@@H](NC(=O)[C@H](CC(C)C)N(C)C(=O)[C@@H](NC(=O)[C@H](C)N(C)C(=O)OC(C)(C)C)C(C)C)[C@@H](C)OC(c1ccccc1)(c1ccccc1)c1ccccc1. The van der Waals surface area contributed by atoms with E-state index in [0.717, 1.165) is 29.1 Å². The number of esters is 1. The first kappa shape index (κ1) is 109. The molecule has 0 radical (unpaired) electrons. The van der Waals surface area contributed by atoms with Crippen LogP contribution >= 0.6 is 0 Å². The highest BCUT2D eigenvalue weighted by Crippen LogP contribution is 2.42. The van der Waals surface area contributed by atoms with Crippen LogP contribution in [0.1, 0.15) is 174 Å². The Morgan fingerprint density at radius 2 is 0.788 bits per heavy atom. The largest absolute Gasteiger partial charge is 0.461 e. The Labute approximate surface area is 808 Å². The van der Waals surface area contributed by atoms with E-state index in [1.165, 1.54) is 68.8 Å². The van der Waals surface area contributed by atoms with Gasteiger partial charge in [-0.15, -0.1) is 0 Å². The summed E-state index contributed by atoms with van der Waals surface area (Å²) in [7, 11) is 8.42. The van der Waals surface area contributed by atoms with Gasteiger partial charge in [0, 0.05) is 74.6 Å². The second-order valence-corrected chi connectivity index (χ2v) is 38.3. The number of hydrogen-bond acceptors (Lipinski definition) is 17. The molecule has 738 valence electrons. The van der Waals surface area contributed by atoms with E-state index in [9.17, 15) is 24.0 Å². The Kier molecular flexibility index (Phi) is 41.2. The quantitative estimate of drug-likeness (QED) is 0.0152. The molecule has 0 bridgehead atoms. The number of piperidine rings is 1. The lowest BCUT2D eigenvalue weighted by Crippen LogP contribution is -2.63. The van der Waals surface area contributed by atoms with Crippen LogP contribution in [0, 0.1) is 23.7 Å². The Bertz CT molecular complexity index is 5050. The van der Waals surface area contributed by atoms with E-state index in [4.69, 9.17) is 14.2 Å². The summed E-state index contributed by atoms with van der Waals surface area (Å²) in [6.45, 7) is 24.2. The molecular weight excluding hydrogens is 1740 g/mol. The molecule has 7 aromatic rings. The molecule has 1 saturated heterocycles. The zero-order chi connectivity index (χ0) is 101. The van der Waals surface area contributed by atoms with Gasteiger partial charge in [0.1, 0.15) is 84.3 Å². The minimum atomic E-state index is -1.73. The van der Waals surface area contributed by atoms with Crippen LogP contribution in [0.5, 0.6) is 0 Å². The molecule has 2 unspecified atom stereocenters.